The van der Waals surface area contributed by atoms with E-state index in [0.717, 1.165) is 11.3 Å². The van der Waals surface area contributed by atoms with Crippen molar-refractivity contribution in [2.24, 2.45) is 0 Å². The van der Waals surface area contributed by atoms with Crippen LogP contribution in [0, 0.1) is 12.3 Å². The van der Waals surface area contributed by atoms with E-state index in [4.69, 9.17) is 28.6 Å². The van der Waals surface area contributed by atoms with Crippen LogP contribution < -0.4 is 4.80 Å². The highest BCUT2D eigenvalue weighted by Gasteiger charge is 2.04. The smallest absolute Gasteiger partial charge is 0.182 e. The average molecular weight is 274 g/mol. The fraction of sp³-hybridized carbons (Fsp3) is 0.200. The topological polar surface area (TPSA) is 41.7 Å². The van der Waals surface area contributed by atoms with E-state index in [1.807, 2.05) is 16.9 Å². The first-order chi connectivity index (χ1) is 7.58. The summed E-state index contributed by atoms with van der Waals surface area (Å²) in [6, 6.07) is 1.78. The average Bonchev–Trinajstić information content (AvgIpc) is 2.55. The molecular formula is C10H9Cl2N3S. The Morgan fingerprint density at radius 2 is 2.25 bits per heavy atom. The third-order valence-corrected chi connectivity index (χ3v) is 3.79. The summed E-state index contributed by atoms with van der Waals surface area (Å²) in [5, 5.41) is 10.4. The fourth-order valence-electron chi connectivity index (χ4n) is 1.35. The van der Waals surface area contributed by atoms with Crippen molar-refractivity contribution in [2.45, 2.75) is 13.5 Å². The number of pyridine rings is 1. The summed E-state index contributed by atoms with van der Waals surface area (Å²) in [6.45, 7) is 2.57. The Morgan fingerprint density at radius 1 is 1.50 bits per heavy atom. The zero-order valence-electron chi connectivity index (χ0n) is 8.50. The van der Waals surface area contributed by atoms with Gasteiger partial charge in [-0.15, -0.1) is 11.3 Å². The number of halogens is 2. The van der Waals surface area contributed by atoms with Gasteiger partial charge in [-0.1, -0.05) is 23.2 Å². The molecule has 16 heavy (non-hydrogen) atoms. The molecule has 0 unspecified atom stereocenters. The molecule has 0 aliphatic carbocycles. The van der Waals surface area contributed by atoms with Crippen LogP contribution in [-0.2, 0) is 6.54 Å². The maximum Gasteiger partial charge on any atom is 0.182 e. The van der Waals surface area contributed by atoms with E-state index in [1.165, 1.54) is 11.3 Å². The first-order valence-electron chi connectivity index (χ1n) is 4.57. The van der Waals surface area contributed by atoms with Gasteiger partial charge in [0.1, 0.15) is 5.15 Å². The number of hydrogen-bond donors (Lipinski definition) is 1. The van der Waals surface area contributed by atoms with Crippen molar-refractivity contribution in [1.82, 2.24) is 9.55 Å². The first-order valence-corrected chi connectivity index (χ1v) is 6.21. The lowest BCUT2D eigenvalue weighted by Gasteiger charge is -2.06. The third kappa shape index (κ3) is 2.29. The third-order valence-electron chi connectivity index (χ3n) is 2.21. The van der Waals surface area contributed by atoms with Crippen molar-refractivity contribution in [3.63, 3.8) is 0 Å². The molecule has 0 amide bonds. The molecule has 0 spiro atoms. The fourth-order valence-corrected chi connectivity index (χ4v) is 2.39. The van der Waals surface area contributed by atoms with Crippen LogP contribution >= 0.6 is 34.5 Å². The second-order valence-corrected chi connectivity index (χ2v) is 5.01. The second-order valence-electron chi connectivity index (χ2n) is 3.38. The van der Waals surface area contributed by atoms with Gasteiger partial charge in [-0.05, 0) is 18.6 Å². The Kier molecular flexibility index (Phi) is 3.33. The molecule has 0 atom stereocenters. The molecule has 0 aromatic carbocycles. The summed E-state index contributed by atoms with van der Waals surface area (Å²) in [5.74, 6) is 0. The minimum Gasteiger partial charge on any atom is -0.317 e. The van der Waals surface area contributed by atoms with Gasteiger partial charge in [-0.3, -0.25) is 5.41 Å². The molecule has 2 aromatic rings. The lowest BCUT2D eigenvalue weighted by Crippen LogP contribution is -2.15. The molecule has 0 aliphatic heterocycles. The summed E-state index contributed by atoms with van der Waals surface area (Å²) in [4.78, 5) is 4.50. The molecule has 1 N–H and O–H groups in total. The maximum absolute atomic E-state index is 7.74. The van der Waals surface area contributed by atoms with E-state index in [-0.39, 0.29) is 0 Å². The van der Waals surface area contributed by atoms with E-state index >= 15 is 0 Å². The summed E-state index contributed by atoms with van der Waals surface area (Å²) in [5.41, 5.74) is 2.00. The molecule has 0 fully saturated rings. The maximum atomic E-state index is 7.74. The van der Waals surface area contributed by atoms with E-state index < -0.39 is 0 Å². The standard InChI is InChI=1S/C10H9Cl2N3S/c1-6-5-16-10(13)15(6)4-7-2-8(11)9(12)14-3-7/h2-3,5,13H,4H2,1H3. The Hall–Kier alpha value is -0.840. The van der Waals surface area contributed by atoms with Crippen molar-refractivity contribution in [1.29, 1.82) is 5.41 Å². The number of nitrogens with zero attached hydrogens (tertiary/aromatic N) is 2. The van der Waals surface area contributed by atoms with Crippen molar-refractivity contribution in [3.8, 4) is 0 Å². The van der Waals surface area contributed by atoms with Crippen LogP contribution in [0.15, 0.2) is 17.6 Å². The number of nitrogens with one attached hydrogen (secondary N) is 1. The highest BCUT2D eigenvalue weighted by Crippen LogP contribution is 2.20. The van der Waals surface area contributed by atoms with Crippen LogP contribution in [-0.4, -0.2) is 9.55 Å². The monoisotopic (exact) mass is 273 g/mol. The van der Waals surface area contributed by atoms with Crippen LogP contribution in [0.2, 0.25) is 10.2 Å². The number of rotatable bonds is 2. The van der Waals surface area contributed by atoms with Crippen LogP contribution in [0.3, 0.4) is 0 Å². The molecule has 0 radical (unpaired) electrons. The molecule has 84 valence electrons. The van der Waals surface area contributed by atoms with Crippen LogP contribution in [0.5, 0.6) is 0 Å². The number of hydrogen-bond acceptors (Lipinski definition) is 3. The molecule has 0 bridgehead atoms. The van der Waals surface area contributed by atoms with E-state index in [1.54, 1.807) is 12.3 Å². The molecule has 0 saturated carbocycles. The van der Waals surface area contributed by atoms with Crippen molar-refractivity contribution >= 4 is 34.5 Å². The minimum absolute atomic E-state index is 0.309. The van der Waals surface area contributed by atoms with Crippen LogP contribution in [0.4, 0.5) is 0 Å². The summed E-state index contributed by atoms with van der Waals surface area (Å²) in [7, 11) is 0. The minimum atomic E-state index is 0.309. The molecule has 3 nitrogen and oxygen atoms in total. The van der Waals surface area contributed by atoms with Gasteiger partial charge < -0.3 is 4.57 Å². The Morgan fingerprint density at radius 3 is 2.81 bits per heavy atom. The first kappa shape index (κ1) is 11.6. The van der Waals surface area contributed by atoms with Gasteiger partial charge >= 0.3 is 0 Å². The lowest BCUT2D eigenvalue weighted by molar-refractivity contribution is 0.730. The molecule has 2 aromatic heterocycles. The SMILES string of the molecule is Cc1csc(=N)n1Cc1cnc(Cl)c(Cl)c1. The summed E-state index contributed by atoms with van der Waals surface area (Å²) in [6.07, 6.45) is 1.68. The van der Waals surface area contributed by atoms with Gasteiger partial charge in [0.15, 0.2) is 4.80 Å². The highest BCUT2D eigenvalue weighted by molar-refractivity contribution is 7.07. The Labute approximate surface area is 107 Å². The predicted octanol–water partition coefficient (Wildman–Crippen LogP) is 3.09. The van der Waals surface area contributed by atoms with E-state index in [0.29, 0.717) is 21.5 Å². The van der Waals surface area contributed by atoms with Gasteiger partial charge in [-0.2, -0.15) is 0 Å². The molecule has 6 heteroatoms. The van der Waals surface area contributed by atoms with Gasteiger partial charge in [0.05, 0.1) is 11.6 Å². The molecule has 2 heterocycles. The Bertz CT molecular complexity index is 574. The van der Waals surface area contributed by atoms with Crippen molar-refractivity contribution in [2.75, 3.05) is 0 Å². The van der Waals surface area contributed by atoms with E-state index in [2.05, 4.69) is 4.98 Å². The van der Waals surface area contributed by atoms with Crippen LogP contribution in [0.1, 0.15) is 11.3 Å². The molecule has 2 rings (SSSR count). The lowest BCUT2D eigenvalue weighted by atomic mass is 10.3. The molecular weight excluding hydrogens is 265 g/mol. The zero-order chi connectivity index (χ0) is 11.7. The normalized spacial score (nSPS) is 10.7. The van der Waals surface area contributed by atoms with E-state index in [9.17, 15) is 0 Å². The van der Waals surface area contributed by atoms with Gasteiger partial charge in [0, 0.05) is 17.3 Å². The van der Waals surface area contributed by atoms with Crippen molar-refractivity contribution in [3.05, 3.63) is 43.9 Å². The largest absolute Gasteiger partial charge is 0.317 e. The zero-order valence-corrected chi connectivity index (χ0v) is 10.8. The Balaban J connectivity index is 2.34. The van der Waals surface area contributed by atoms with Gasteiger partial charge in [0.25, 0.3) is 0 Å². The second kappa shape index (κ2) is 4.57. The number of thiazole rings is 1. The quantitative estimate of drug-likeness (QED) is 0.840. The molecule has 0 aliphatic rings. The van der Waals surface area contributed by atoms with Crippen molar-refractivity contribution < 1.29 is 0 Å². The number of aromatic nitrogens is 2. The highest BCUT2D eigenvalue weighted by atomic mass is 35.5. The van der Waals surface area contributed by atoms with Gasteiger partial charge in [0.2, 0.25) is 0 Å². The van der Waals surface area contributed by atoms with Crippen LogP contribution in [0.25, 0.3) is 0 Å². The van der Waals surface area contributed by atoms with Gasteiger partial charge in [-0.25, -0.2) is 4.98 Å². The predicted molar refractivity (Wildman–Crippen MR) is 66.3 cm³/mol. The summed E-state index contributed by atoms with van der Waals surface area (Å²) >= 11 is 13.0. The summed E-state index contributed by atoms with van der Waals surface area (Å²) < 4.78 is 1.89. The number of aryl methyl sites for hydroxylation is 1. The molecule has 0 saturated heterocycles.